The lowest BCUT2D eigenvalue weighted by atomic mass is 10.1. The van der Waals surface area contributed by atoms with Crippen LogP contribution < -0.4 is 5.32 Å². The Kier molecular flexibility index (Phi) is 5.44. The molecule has 1 N–H and O–H groups in total. The Hall–Kier alpha value is -3.90. The van der Waals surface area contributed by atoms with Crippen LogP contribution in [-0.2, 0) is 11.3 Å². The van der Waals surface area contributed by atoms with Crippen LogP contribution in [0.1, 0.15) is 21.5 Å². The number of fused-ring (bicyclic) bond motifs is 1. The van der Waals surface area contributed by atoms with Crippen LogP contribution in [-0.4, -0.2) is 21.5 Å². The van der Waals surface area contributed by atoms with E-state index in [-0.39, 0.29) is 11.8 Å². The summed E-state index contributed by atoms with van der Waals surface area (Å²) in [5.74, 6) is -0.636. The second-order valence-corrected chi connectivity index (χ2v) is 8.40. The molecule has 5 nitrogen and oxygen atoms in total. The third-order valence-electron chi connectivity index (χ3n) is 5.18. The van der Waals surface area contributed by atoms with Gasteiger partial charge >= 0.3 is 0 Å². The quantitative estimate of drug-likeness (QED) is 0.452. The molecule has 0 atom stereocenters. The van der Waals surface area contributed by atoms with Gasteiger partial charge < -0.3 is 9.88 Å². The van der Waals surface area contributed by atoms with E-state index >= 15 is 0 Å². The fourth-order valence-corrected chi connectivity index (χ4v) is 4.47. The van der Waals surface area contributed by atoms with Gasteiger partial charge in [0.05, 0.1) is 4.91 Å². The average molecular weight is 438 g/mol. The first-order valence-electron chi connectivity index (χ1n) is 10.2. The van der Waals surface area contributed by atoms with Crippen LogP contribution in [0.2, 0.25) is 0 Å². The van der Waals surface area contributed by atoms with Gasteiger partial charge in [0.1, 0.15) is 0 Å². The number of rotatable bonds is 4. The van der Waals surface area contributed by atoms with Crippen LogP contribution in [0.4, 0.5) is 0 Å². The van der Waals surface area contributed by atoms with Gasteiger partial charge in [0.2, 0.25) is 0 Å². The van der Waals surface area contributed by atoms with Crippen molar-refractivity contribution in [1.29, 1.82) is 0 Å². The number of aromatic nitrogens is 1. The molecule has 0 radical (unpaired) electrons. The standard InChI is InChI=1S/C26H19N3O2S/c30-24(19-11-5-2-6-12-19)27-26-28-25(31)23(32-26)15-20-17-29(16-18-9-3-1-4-10-18)22-14-8-7-13-21(20)22/h1-15,17H,16H2,(H,27,28,30,31)/b23-15-. The van der Waals surface area contributed by atoms with Crippen molar-refractivity contribution in [1.82, 2.24) is 9.88 Å². The lowest BCUT2D eigenvalue weighted by molar-refractivity contribution is -0.115. The summed E-state index contributed by atoms with van der Waals surface area (Å²) < 4.78 is 2.18. The Labute approximate surface area is 189 Å². The minimum Gasteiger partial charge on any atom is -0.342 e. The van der Waals surface area contributed by atoms with Crippen LogP contribution in [0.3, 0.4) is 0 Å². The lowest BCUT2D eigenvalue weighted by Gasteiger charge is -2.05. The molecule has 1 aliphatic rings. The third kappa shape index (κ3) is 4.13. The predicted molar refractivity (Wildman–Crippen MR) is 129 cm³/mol. The number of hydrogen-bond donors (Lipinski definition) is 1. The first-order valence-corrected chi connectivity index (χ1v) is 11.0. The molecule has 4 aromatic rings. The fraction of sp³-hybridized carbons (Fsp3) is 0.0385. The highest BCUT2D eigenvalue weighted by molar-refractivity contribution is 8.18. The summed E-state index contributed by atoms with van der Waals surface area (Å²) in [6.07, 6.45) is 3.92. The van der Waals surface area contributed by atoms with E-state index in [1.165, 1.54) is 17.3 Å². The summed E-state index contributed by atoms with van der Waals surface area (Å²) >= 11 is 1.18. The van der Waals surface area contributed by atoms with Gasteiger partial charge in [-0.15, -0.1) is 0 Å². The number of carbonyl (C=O) groups is 2. The van der Waals surface area contributed by atoms with Crippen molar-refractivity contribution >= 4 is 45.7 Å². The first-order chi connectivity index (χ1) is 15.7. The number of thioether (sulfide) groups is 1. The number of carbonyl (C=O) groups excluding carboxylic acids is 2. The molecule has 0 aliphatic carbocycles. The topological polar surface area (TPSA) is 63.5 Å². The second kappa shape index (κ2) is 8.69. The summed E-state index contributed by atoms with van der Waals surface area (Å²) in [4.78, 5) is 29.5. The number of amides is 2. The number of nitrogens with zero attached hydrogens (tertiary/aromatic N) is 2. The molecule has 5 rings (SSSR count). The SMILES string of the molecule is O=C1NC(=NC(=O)c2ccccc2)S/C1=C\c1cn(Cc2ccccc2)c2ccccc12. The summed E-state index contributed by atoms with van der Waals surface area (Å²) in [6, 6.07) is 27.2. The number of aliphatic imine (C=N–C) groups is 1. The molecule has 0 spiro atoms. The van der Waals surface area contributed by atoms with Crippen molar-refractivity contribution < 1.29 is 9.59 Å². The molecule has 1 fully saturated rings. The highest BCUT2D eigenvalue weighted by atomic mass is 32.2. The molecule has 0 bridgehead atoms. The van der Waals surface area contributed by atoms with E-state index in [0.717, 1.165) is 23.0 Å². The van der Waals surface area contributed by atoms with Gasteiger partial charge in [0.15, 0.2) is 5.17 Å². The monoisotopic (exact) mass is 437 g/mol. The number of hydrogen-bond acceptors (Lipinski definition) is 3. The fourth-order valence-electron chi connectivity index (χ4n) is 3.66. The molecule has 6 heteroatoms. The number of benzene rings is 3. The molecule has 0 unspecified atom stereocenters. The molecule has 3 aromatic carbocycles. The Morgan fingerprint density at radius 2 is 1.62 bits per heavy atom. The molecule has 1 aliphatic heterocycles. The van der Waals surface area contributed by atoms with Crippen LogP contribution in [0.5, 0.6) is 0 Å². The van der Waals surface area contributed by atoms with Gasteiger partial charge in [-0.2, -0.15) is 4.99 Å². The van der Waals surface area contributed by atoms with Crippen LogP contribution >= 0.6 is 11.8 Å². The van der Waals surface area contributed by atoms with Crippen molar-refractivity contribution in [2.45, 2.75) is 6.54 Å². The number of amidine groups is 1. The van der Waals surface area contributed by atoms with Crippen molar-refractivity contribution in [2.75, 3.05) is 0 Å². The predicted octanol–water partition coefficient (Wildman–Crippen LogP) is 5.09. The van der Waals surface area contributed by atoms with Gasteiger partial charge in [0.25, 0.3) is 11.8 Å². The van der Waals surface area contributed by atoms with E-state index < -0.39 is 0 Å². The van der Waals surface area contributed by atoms with Gasteiger partial charge in [-0.05, 0) is 41.6 Å². The van der Waals surface area contributed by atoms with Crippen molar-refractivity contribution in [3.05, 3.63) is 113 Å². The van der Waals surface area contributed by atoms with Crippen molar-refractivity contribution in [3.63, 3.8) is 0 Å². The molecule has 156 valence electrons. The Balaban J connectivity index is 1.45. The van der Waals surface area contributed by atoms with Gasteiger partial charge in [-0.3, -0.25) is 9.59 Å². The zero-order valence-corrected chi connectivity index (χ0v) is 17.9. The van der Waals surface area contributed by atoms with E-state index in [1.807, 2.05) is 42.5 Å². The average Bonchev–Trinajstić information content (AvgIpc) is 3.35. The van der Waals surface area contributed by atoms with E-state index in [2.05, 4.69) is 45.3 Å². The van der Waals surface area contributed by atoms with Gasteiger partial charge in [-0.1, -0.05) is 66.7 Å². The molecule has 0 saturated carbocycles. The molecular formula is C26H19N3O2S. The molecule has 1 aromatic heterocycles. The Morgan fingerprint density at radius 3 is 2.41 bits per heavy atom. The first kappa shape index (κ1) is 20.0. The zero-order chi connectivity index (χ0) is 21.9. The zero-order valence-electron chi connectivity index (χ0n) is 17.1. The van der Waals surface area contributed by atoms with Gasteiger partial charge in [-0.25, -0.2) is 0 Å². The number of nitrogens with one attached hydrogen (secondary N) is 1. The third-order valence-corrected chi connectivity index (χ3v) is 6.09. The largest absolute Gasteiger partial charge is 0.342 e. The molecule has 1 saturated heterocycles. The maximum Gasteiger partial charge on any atom is 0.279 e. The molecule has 32 heavy (non-hydrogen) atoms. The minimum absolute atomic E-state index is 0.255. The van der Waals surface area contributed by atoms with E-state index in [0.29, 0.717) is 15.6 Å². The van der Waals surface area contributed by atoms with Crippen LogP contribution in [0, 0.1) is 0 Å². The highest BCUT2D eigenvalue weighted by Gasteiger charge is 2.25. The van der Waals surface area contributed by atoms with Gasteiger partial charge in [0, 0.05) is 34.8 Å². The second-order valence-electron chi connectivity index (χ2n) is 7.37. The smallest absolute Gasteiger partial charge is 0.279 e. The van der Waals surface area contributed by atoms with Crippen molar-refractivity contribution in [3.8, 4) is 0 Å². The van der Waals surface area contributed by atoms with Crippen molar-refractivity contribution in [2.24, 2.45) is 4.99 Å². The van der Waals surface area contributed by atoms with E-state index in [1.54, 1.807) is 24.3 Å². The maximum atomic E-state index is 12.5. The summed E-state index contributed by atoms with van der Waals surface area (Å²) in [5.41, 5.74) is 3.73. The normalized spacial score (nSPS) is 16.1. The van der Waals surface area contributed by atoms with E-state index in [9.17, 15) is 9.59 Å². The summed E-state index contributed by atoms with van der Waals surface area (Å²) in [5, 5.41) is 4.06. The molecule has 2 heterocycles. The Morgan fingerprint density at radius 1 is 0.938 bits per heavy atom. The maximum absolute atomic E-state index is 12.5. The molecular weight excluding hydrogens is 418 g/mol. The van der Waals surface area contributed by atoms with Crippen LogP contribution in [0.15, 0.2) is 101 Å². The summed E-state index contributed by atoms with van der Waals surface area (Å²) in [7, 11) is 0. The van der Waals surface area contributed by atoms with Crippen LogP contribution in [0.25, 0.3) is 17.0 Å². The molecule has 2 amide bonds. The minimum atomic E-state index is -0.380. The highest BCUT2D eigenvalue weighted by Crippen LogP contribution is 2.30. The summed E-state index contributed by atoms with van der Waals surface area (Å²) in [6.45, 7) is 0.738. The van der Waals surface area contributed by atoms with E-state index in [4.69, 9.17) is 0 Å². The Bertz CT molecular complexity index is 1370. The lowest BCUT2D eigenvalue weighted by Crippen LogP contribution is -2.20. The number of para-hydroxylation sites is 1.